The van der Waals surface area contributed by atoms with E-state index in [-0.39, 0.29) is 24.0 Å². The number of amides is 1. The van der Waals surface area contributed by atoms with Gasteiger partial charge >= 0.3 is 0 Å². The third kappa shape index (κ3) is 4.85. The van der Waals surface area contributed by atoms with Crippen molar-refractivity contribution in [3.05, 3.63) is 53.9 Å². The Bertz CT molecular complexity index is 1040. The Balaban J connectivity index is 1.45. The van der Waals surface area contributed by atoms with Crippen molar-refractivity contribution < 1.29 is 14.3 Å². The third-order valence-electron chi connectivity index (χ3n) is 5.69. The normalized spacial score (nSPS) is 19.1. The van der Waals surface area contributed by atoms with Gasteiger partial charge in [-0.1, -0.05) is 18.2 Å². The van der Waals surface area contributed by atoms with Crippen LogP contribution in [0.5, 0.6) is 11.5 Å². The highest BCUT2D eigenvalue weighted by atomic mass is 32.2. The first kappa shape index (κ1) is 22.4. The zero-order chi connectivity index (χ0) is 22.5. The maximum atomic E-state index is 13.1. The quantitative estimate of drug-likeness (QED) is 0.393. The van der Waals surface area contributed by atoms with Gasteiger partial charge in [0.1, 0.15) is 11.9 Å². The molecule has 3 atom stereocenters. The number of H-pyrrole nitrogens is 1. The van der Waals surface area contributed by atoms with Crippen LogP contribution in [-0.4, -0.2) is 48.1 Å². The van der Waals surface area contributed by atoms with Gasteiger partial charge in [-0.2, -0.15) is 11.8 Å². The number of methoxy groups -OCH3 is 2. The number of para-hydroxylation sites is 2. The van der Waals surface area contributed by atoms with Gasteiger partial charge in [0.05, 0.1) is 31.3 Å². The van der Waals surface area contributed by atoms with Crippen LogP contribution in [0.3, 0.4) is 0 Å². The number of hydrogen-bond donors (Lipinski definition) is 4. The van der Waals surface area contributed by atoms with Crippen molar-refractivity contribution in [2.75, 3.05) is 26.2 Å². The first-order valence-corrected chi connectivity index (χ1v) is 12.0. The summed E-state index contributed by atoms with van der Waals surface area (Å²) in [4.78, 5) is 21.2. The minimum Gasteiger partial charge on any atom is -0.493 e. The average molecular weight is 456 g/mol. The Morgan fingerprint density at radius 2 is 2.00 bits per heavy atom. The predicted molar refractivity (Wildman–Crippen MR) is 127 cm³/mol. The molecule has 0 radical (unpaired) electrons. The molecule has 0 bridgehead atoms. The summed E-state index contributed by atoms with van der Waals surface area (Å²) in [5.41, 5.74) is 9.28. The molecule has 3 aromatic rings. The summed E-state index contributed by atoms with van der Waals surface area (Å²) in [6, 6.07) is 13.2. The molecule has 1 amide bonds. The standard InChI is InChI=1S/C23H29N5O3S/c1-30-20-9-8-14(12-21(20)31-2)18-13-19(28-27-18)23(29)26-17(10-11-32-3)22-24-15-6-4-5-7-16(15)25-22/h4-9,12,17-19,27-28H,10-11,13H2,1-3H3,(H,24,25)(H,26,29). The molecule has 1 aliphatic heterocycles. The van der Waals surface area contributed by atoms with Gasteiger partial charge in [-0.3, -0.25) is 4.79 Å². The van der Waals surface area contributed by atoms with E-state index in [0.717, 1.165) is 34.6 Å². The number of hydrogen-bond acceptors (Lipinski definition) is 7. The first-order valence-electron chi connectivity index (χ1n) is 10.6. The lowest BCUT2D eigenvalue weighted by molar-refractivity contribution is -0.123. The van der Waals surface area contributed by atoms with E-state index in [1.807, 2.05) is 42.5 Å². The Labute approximate surface area is 191 Å². The lowest BCUT2D eigenvalue weighted by Crippen LogP contribution is -2.44. The number of carbonyl (C=O) groups excluding carboxylic acids is 1. The van der Waals surface area contributed by atoms with Crippen molar-refractivity contribution in [1.82, 2.24) is 26.1 Å². The number of hydrazine groups is 1. The summed E-state index contributed by atoms with van der Waals surface area (Å²) in [6.07, 6.45) is 3.48. The summed E-state index contributed by atoms with van der Waals surface area (Å²) < 4.78 is 10.7. The van der Waals surface area contributed by atoms with Gasteiger partial charge in [0, 0.05) is 6.04 Å². The largest absolute Gasteiger partial charge is 0.493 e. The van der Waals surface area contributed by atoms with E-state index >= 15 is 0 Å². The Morgan fingerprint density at radius 3 is 2.75 bits per heavy atom. The van der Waals surface area contributed by atoms with Gasteiger partial charge in [-0.05, 0) is 54.7 Å². The summed E-state index contributed by atoms with van der Waals surface area (Å²) >= 11 is 1.75. The number of aromatic amines is 1. The fourth-order valence-corrected chi connectivity index (χ4v) is 4.41. The first-order chi connectivity index (χ1) is 15.6. The van der Waals surface area contributed by atoms with Gasteiger partial charge < -0.3 is 19.8 Å². The lowest BCUT2D eigenvalue weighted by atomic mass is 10.0. The van der Waals surface area contributed by atoms with E-state index in [1.54, 1.807) is 26.0 Å². The number of benzene rings is 2. The van der Waals surface area contributed by atoms with Gasteiger partial charge in [-0.25, -0.2) is 15.8 Å². The topological polar surface area (TPSA) is 100 Å². The highest BCUT2D eigenvalue weighted by Crippen LogP contribution is 2.32. The number of aromatic nitrogens is 2. The molecule has 32 heavy (non-hydrogen) atoms. The Morgan fingerprint density at radius 1 is 1.19 bits per heavy atom. The zero-order valence-electron chi connectivity index (χ0n) is 18.5. The molecule has 2 aromatic carbocycles. The molecular weight excluding hydrogens is 426 g/mol. The highest BCUT2D eigenvalue weighted by Gasteiger charge is 2.32. The van der Waals surface area contributed by atoms with Crippen LogP contribution in [0.2, 0.25) is 0 Å². The number of rotatable bonds is 9. The van der Waals surface area contributed by atoms with Crippen molar-refractivity contribution in [2.45, 2.75) is 31.0 Å². The van der Waals surface area contributed by atoms with Crippen molar-refractivity contribution in [3.8, 4) is 11.5 Å². The number of fused-ring (bicyclic) bond motifs is 1. The second kappa shape index (κ2) is 10.2. The number of carbonyl (C=O) groups is 1. The molecule has 0 saturated carbocycles. The van der Waals surface area contributed by atoms with Gasteiger partial charge in [0.15, 0.2) is 11.5 Å². The third-order valence-corrected chi connectivity index (χ3v) is 6.34. The van der Waals surface area contributed by atoms with Gasteiger partial charge in [0.25, 0.3) is 0 Å². The fourth-order valence-electron chi connectivity index (χ4n) is 3.94. The molecule has 2 heterocycles. The summed E-state index contributed by atoms with van der Waals surface area (Å²) in [7, 11) is 3.23. The molecule has 3 unspecified atom stereocenters. The van der Waals surface area contributed by atoms with Crippen molar-refractivity contribution in [2.24, 2.45) is 0 Å². The number of ether oxygens (including phenoxy) is 2. The molecule has 9 heteroatoms. The number of imidazole rings is 1. The van der Waals surface area contributed by atoms with E-state index in [9.17, 15) is 4.79 Å². The molecule has 4 N–H and O–H groups in total. The summed E-state index contributed by atoms with van der Waals surface area (Å²) in [5.74, 6) is 3.01. The molecule has 0 aliphatic carbocycles. The number of nitrogens with zero attached hydrogens (tertiary/aromatic N) is 1. The molecular formula is C23H29N5O3S. The van der Waals surface area contributed by atoms with Crippen LogP contribution in [-0.2, 0) is 4.79 Å². The van der Waals surface area contributed by atoms with Crippen molar-refractivity contribution >= 4 is 28.7 Å². The molecule has 170 valence electrons. The molecule has 1 aromatic heterocycles. The van der Waals surface area contributed by atoms with Crippen LogP contribution in [0, 0.1) is 0 Å². The SMILES string of the molecule is COc1ccc(C2CC(C(=O)NC(CCSC)c3nc4ccccc4[nH]3)NN2)cc1OC. The van der Waals surface area contributed by atoms with E-state index in [1.165, 1.54) is 0 Å². The molecule has 8 nitrogen and oxygen atoms in total. The molecule has 0 spiro atoms. The van der Waals surface area contributed by atoms with E-state index in [4.69, 9.17) is 14.5 Å². The monoisotopic (exact) mass is 455 g/mol. The Kier molecular flexibility index (Phi) is 7.19. The van der Waals surface area contributed by atoms with Crippen molar-refractivity contribution in [1.29, 1.82) is 0 Å². The van der Waals surface area contributed by atoms with Crippen LogP contribution < -0.4 is 25.6 Å². The molecule has 1 aliphatic rings. The number of thioether (sulfide) groups is 1. The molecule has 1 fully saturated rings. The summed E-state index contributed by atoms with van der Waals surface area (Å²) in [6.45, 7) is 0. The smallest absolute Gasteiger partial charge is 0.239 e. The zero-order valence-corrected chi connectivity index (χ0v) is 19.3. The minimum atomic E-state index is -0.353. The molecule has 1 saturated heterocycles. The predicted octanol–water partition coefficient (Wildman–Crippen LogP) is 3.10. The fraction of sp³-hybridized carbons (Fsp3) is 0.391. The minimum absolute atomic E-state index is 0.0126. The van der Waals surface area contributed by atoms with Crippen LogP contribution in [0.15, 0.2) is 42.5 Å². The average Bonchev–Trinajstić information content (AvgIpc) is 3.48. The second-order valence-corrected chi connectivity index (χ2v) is 8.71. The maximum absolute atomic E-state index is 13.1. The molecule has 4 rings (SSSR count). The highest BCUT2D eigenvalue weighted by molar-refractivity contribution is 7.98. The van der Waals surface area contributed by atoms with E-state index in [0.29, 0.717) is 17.9 Å². The van der Waals surface area contributed by atoms with E-state index in [2.05, 4.69) is 27.4 Å². The Hall–Kier alpha value is -2.75. The van der Waals surface area contributed by atoms with Crippen molar-refractivity contribution in [3.63, 3.8) is 0 Å². The van der Waals surface area contributed by atoms with E-state index < -0.39 is 0 Å². The van der Waals surface area contributed by atoms with Gasteiger partial charge in [0.2, 0.25) is 5.91 Å². The second-order valence-electron chi connectivity index (χ2n) is 7.73. The lowest BCUT2D eigenvalue weighted by Gasteiger charge is -2.19. The van der Waals surface area contributed by atoms with Gasteiger partial charge in [-0.15, -0.1) is 0 Å². The summed E-state index contributed by atoms with van der Waals surface area (Å²) in [5, 5.41) is 3.19. The number of nitrogens with one attached hydrogen (secondary N) is 4. The van der Waals surface area contributed by atoms with Crippen LogP contribution >= 0.6 is 11.8 Å². The van der Waals surface area contributed by atoms with Crippen LogP contribution in [0.25, 0.3) is 11.0 Å². The van der Waals surface area contributed by atoms with Crippen LogP contribution in [0.4, 0.5) is 0 Å². The van der Waals surface area contributed by atoms with Crippen LogP contribution in [0.1, 0.15) is 36.3 Å². The maximum Gasteiger partial charge on any atom is 0.239 e.